The summed E-state index contributed by atoms with van der Waals surface area (Å²) < 4.78 is 26.5. The maximum atomic E-state index is 13.4. The molecule has 1 aromatic carbocycles. The van der Waals surface area contributed by atoms with Gasteiger partial charge >= 0.3 is 0 Å². The predicted molar refractivity (Wildman–Crippen MR) is 79.1 cm³/mol. The number of rotatable bonds is 4. The van der Waals surface area contributed by atoms with Crippen molar-refractivity contribution in [3.8, 4) is 0 Å². The number of nitrogens with two attached hydrogens (primary N) is 1. The number of hydrogen-bond acceptors (Lipinski definition) is 2. The van der Waals surface area contributed by atoms with Gasteiger partial charge in [-0.25, -0.2) is 8.78 Å². The van der Waals surface area contributed by atoms with E-state index in [0.717, 1.165) is 43.9 Å². The van der Waals surface area contributed by atoms with Gasteiger partial charge in [-0.2, -0.15) is 0 Å². The number of aliphatic hydroxyl groups excluding tert-OH is 1. The Balaban J connectivity index is 1.90. The summed E-state index contributed by atoms with van der Waals surface area (Å²) in [5.41, 5.74) is 5.57. The van der Waals surface area contributed by atoms with E-state index >= 15 is 0 Å². The van der Waals surface area contributed by atoms with Crippen molar-refractivity contribution >= 4 is 11.6 Å². The number of benzene rings is 1. The topological polar surface area (TPSA) is 70.6 Å². The lowest BCUT2D eigenvalue weighted by Crippen LogP contribution is -2.29. The summed E-state index contributed by atoms with van der Waals surface area (Å²) in [5, 5.41) is 12.6. The largest absolute Gasteiger partial charge is 0.391 e. The number of guanidine groups is 1. The normalized spacial score (nSPS) is 18.5. The number of anilines is 1. The Labute approximate surface area is 123 Å². The molecule has 0 aliphatic heterocycles. The molecule has 0 saturated heterocycles. The van der Waals surface area contributed by atoms with Crippen LogP contribution in [0.25, 0.3) is 0 Å². The Kier molecular flexibility index (Phi) is 5.50. The smallest absolute Gasteiger partial charge is 0.193 e. The second-order valence-corrected chi connectivity index (χ2v) is 5.44. The van der Waals surface area contributed by atoms with Crippen LogP contribution in [-0.4, -0.2) is 23.7 Å². The van der Waals surface area contributed by atoms with Crippen molar-refractivity contribution < 1.29 is 13.9 Å². The van der Waals surface area contributed by atoms with Gasteiger partial charge in [-0.3, -0.25) is 4.99 Å². The van der Waals surface area contributed by atoms with E-state index in [-0.39, 0.29) is 24.1 Å². The van der Waals surface area contributed by atoms with E-state index in [1.807, 2.05) is 0 Å². The number of nitrogens with zero attached hydrogens (tertiary/aromatic N) is 1. The average Bonchev–Trinajstić information content (AvgIpc) is 2.49. The molecule has 21 heavy (non-hydrogen) atoms. The van der Waals surface area contributed by atoms with Crippen LogP contribution in [0.3, 0.4) is 0 Å². The zero-order chi connectivity index (χ0) is 15.2. The number of aliphatic imine (C=N–C) groups is 1. The van der Waals surface area contributed by atoms with Gasteiger partial charge < -0.3 is 16.2 Å². The molecular weight excluding hydrogens is 276 g/mol. The molecule has 1 aliphatic carbocycles. The van der Waals surface area contributed by atoms with Gasteiger partial charge in [0.25, 0.3) is 0 Å². The van der Waals surface area contributed by atoms with Gasteiger partial charge in [0, 0.05) is 6.07 Å². The molecule has 1 saturated carbocycles. The second-order valence-electron chi connectivity index (χ2n) is 5.44. The average molecular weight is 297 g/mol. The summed E-state index contributed by atoms with van der Waals surface area (Å²) in [6, 6.07) is 3.05. The van der Waals surface area contributed by atoms with Crippen LogP contribution < -0.4 is 11.1 Å². The van der Waals surface area contributed by atoms with E-state index < -0.39 is 17.7 Å². The molecule has 0 radical (unpaired) electrons. The monoisotopic (exact) mass is 297 g/mol. The van der Waals surface area contributed by atoms with Crippen molar-refractivity contribution in [3.63, 3.8) is 0 Å². The highest BCUT2D eigenvalue weighted by atomic mass is 19.1. The lowest BCUT2D eigenvalue weighted by atomic mass is 9.85. The molecule has 4 N–H and O–H groups in total. The first-order valence-electron chi connectivity index (χ1n) is 7.26. The molecule has 1 atom stereocenters. The molecule has 6 heteroatoms. The van der Waals surface area contributed by atoms with E-state index in [2.05, 4.69) is 10.3 Å². The van der Waals surface area contributed by atoms with E-state index in [1.165, 1.54) is 6.42 Å². The minimum absolute atomic E-state index is 0.0330. The summed E-state index contributed by atoms with van der Waals surface area (Å²) in [7, 11) is 0. The fourth-order valence-corrected chi connectivity index (χ4v) is 2.63. The van der Waals surface area contributed by atoms with Crippen LogP contribution >= 0.6 is 0 Å². The van der Waals surface area contributed by atoms with Gasteiger partial charge in [0.2, 0.25) is 0 Å². The minimum Gasteiger partial charge on any atom is -0.391 e. The van der Waals surface area contributed by atoms with E-state index in [4.69, 9.17) is 5.73 Å². The highest BCUT2D eigenvalue weighted by Gasteiger charge is 2.21. The molecule has 2 rings (SSSR count). The Morgan fingerprint density at radius 1 is 1.33 bits per heavy atom. The molecule has 0 heterocycles. The number of hydrogen-bond donors (Lipinski definition) is 3. The van der Waals surface area contributed by atoms with Crippen LogP contribution in [-0.2, 0) is 0 Å². The highest BCUT2D eigenvalue weighted by Crippen LogP contribution is 2.26. The lowest BCUT2D eigenvalue weighted by Gasteiger charge is -2.25. The van der Waals surface area contributed by atoms with Crippen molar-refractivity contribution in [2.24, 2.45) is 16.6 Å². The van der Waals surface area contributed by atoms with Crippen molar-refractivity contribution in [2.45, 2.75) is 38.2 Å². The SMILES string of the molecule is NC(=NCC(O)C1CCCCC1)Nc1cc(F)ccc1F. The molecule has 4 nitrogen and oxygen atoms in total. The lowest BCUT2D eigenvalue weighted by molar-refractivity contribution is 0.0924. The Morgan fingerprint density at radius 2 is 2.05 bits per heavy atom. The fourth-order valence-electron chi connectivity index (χ4n) is 2.63. The summed E-state index contributed by atoms with van der Waals surface area (Å²) in [4.78, 5) is 4.01. The standard InChI is InChI=1S/C15H21F2N3O/c16-11-6-7-12(17)13(8-11)20-15(18)19-9-14(21)10-4-2-1-3-5-10/h6-8,10,14,21H,1-5,9H2,(H3,18,19,20). The van der Waals surface area contributed by atoms with Gasteiger partial charge in [0.1, 0.15) is 11.6 Å². The van der Waals surface area contributed by atoms with Crippen LogP contribution in [0.2, 0.25) is 0 Å². The molecule has 1 aliphatic rings. The van der Waals surface area contributed by atoms with Gasteiger partial charge in [0.15, 0.2) is 5.96 Å². The molecule has 1 unspecified atom stereocenters. The van der Waals surface area contributed by atoms with Crippen LogP contribution in [0, 0.1) is 17.6 Å². The van der Waals surface area contributed by atoms with E-state index in [0.29, 0.717) is 0 Å². The summed E-state index contributed by atoms with van der Waals surface area (Å²) in [6.07, 6.45) is 4.95. The molecule has 1 fully saturated rings. The maximum absolute atomic E-state index is 13.4. The Bertz CT molecular complexity index is 502. The fraction of sp³-hybridized carbons (Fsp3) is 0.533. The van der Waals surface area contributed by atoms with Crippen molar-refractivity contribution in [2.75, 3.05) is 11.9 Å². The summed E-state index contributed by atoms with van der Waals surface area (Å²) >= 11 is 0. The first kappa shape index (κ1) is 15.7. The molecule has 0 aromatic heterocycles. The molecule has 1 aromatic rings. The first-order chi connectivity index (χ1) is 10.1. The van der Waals surface area contributed by atoms with E-state index in [9.17, 15) is 13.9 Å². The molecule has 0 bridgehead atoms. The van der Waals surface area contributed by atoms with Gasteiger partial charge in [0.05, 0.1) is 18.3 Å². The Hall–Kier alpha value is -1.69. The molecule has 0 amide bonds. The van der Waals surface area contributed by atoms with Gasteiger partial charge in [-0.05, 0) is 30.9 Å². The number of nitrogens with one attached hydrogen (secondary N) is 1. The van der Waals surface area contributed by atoms with Crippen LogP contribution in [0.5, 0.6) is 0 Å². The molecular formula is C15H21F2N3O. The third kappa shape index (κ3) is 4.67. The quantitative estimate of drug-likeness (QED) is 0.591. The van der Waals surface area contributed by atoms with Crippen molar-refractivity contribution in [1.29, 1.82) is 0 Å². The minimum atomic E-state index is -0.609. The third-order valence-corrected chi connectivity index (χ3v) is 3.83. The number of aliphatic hydroxyl groups is 1. The number of halogens is 2. The zero-order valence-electron chi connectivity index (χ0n) is 11.9. The van der Waals surface area contributed by atoms with Gasteiger partial charge in [-0.15, -0.1) is 0 Å². The Morgan fingerprint density at radius 3 is 2.76 bits per heavy atom. The molecule has 116 valence electrons. The van der Waals surface area contributed by atoms with E-state index in [1.54, 1.807) is 0 Å². The van der Waals surface area contributed by atoms with Gasteiger partial charge in [-0.1, -0.05) is 19.3 Å². The van der Waals surface area contributed by atoms with Crippen LogP contribution in [0.4, 0.5) is 14.5 Å². The zero-order valence-corrected chi connectivity index (χ0v) is 11.9. The third-order valence-electron chi connectivity index (χ3n) is 3.83. The predicted octanol–water partition coefficient (Wildman–Crippen LogP) is 2.63. The summed E-state index contributed by atoms with van der Waals surface area (Å²) in [6.45, 7) is 0.167. The van der Waals surface area contributed by atoms with Crippen molar-refractivity contribution in [3.05, 3.63) is 29.8 Å². The second kappa shape index (κ2) is 7.36. The van der Waals surface area contributed by atoms with Crippen molar-refractivity contribution in [1.82, 2.24) is 0 Å². The van der Waals surface area contributed by atoms with Crippen LogP contribution in [0.1, 0.15) is 32.1 Å². The maximum Gasteiger partial charge on any atom is 0.193 e. The first-order valence-corrected chi connectivity index (χ1v) is 7.26. The van der Waals surface area contributed by atoms with Crippen LogP contribution in [0.15, 0.2) is 23.2 Å². The highest BCUT2D eigenvalue weighted by molar-refractivity contribution is 5.92. The summed E-state index contributed by atoms with van der Waals surface area (Å²) in [5.74, 6) is -0.952. The molecule has 0 spiro atoms.